The number of aryl methyl sites for hydroxylation is 2. The number of hydrogen-bond donors (Lipinski definition) is 0. The Bertz CT molecular complexity index is 2620. The van der Waals surface area contributed by atoms with Gasteiger partial charge in [0, 0.05) is 56.9 Å². The standard InChI is InChI=1S/C50H44Cl2N2O6S4/c1-5-59-41(55)27-39-43(53-22-18-31(3)19-23-53)49(63-47(39)45(57)35-10-14-37(51)15-11-35)61-29-33-8-7-9-34(26-33)30-62-50-44(54-24-20-32(4)21-25-54)40(28-42(56)60-6-2)48(64-50)46(58)36-12-16-38(52)17-13-36/h7-26H,5-6,27-30H2,1-4H3/q+2. The number of esters is 2. The molecule has 7 rings (SSSR count). The van der Waals surface area contributed by atoms with Gasteiger partial charge in [0.15, 0.2) is 24.8 Å². The summed E-state index contributed by atoms with van der Waals surface area (Å²) >= 11 is 18.3. The third kappa shape index (κ3) is 11.4. The average molecular weight is 968 g/mol. The first kappa shape index (κ1) is 46.9. The molecule has 0 radical (unpaired) electrons. The lowest BCUT2D eigenvalue weighted by molar-refractivity contribution is -0.598. The summed E-state index contributed by atoms with van der Waals surface area (Å²) in [7, 11) is 0. The van der Waals surface area contributed by atoms with Gasteiger partial charge in [-0.3, -0.25) is 19.2 Å². The molecule has 0 spiro atoms. The molecule has 0 unspecified atom stereocenters. The van der Waals surface area contributed by atoms with Crippen molar-refractivity contribution in [1.82, 2.24) is 0 Å². The van der Waals surface area contributed by atoms with E-state index in [-0.39, 0.29) is 37.6 Å². The van der Waals surface area contributed by atoms with E-state index >= 15 is 0 Å². The Kier molecular flexibility index (Phi) is 15.9. The van der Waals surface area contributed by atoms with E-state index in [1.54, 1.807) is 85.9 Å². The molecular weight excluding hydrogens is 924 g/mol. The normalized spacial score (nSPS) is 11.1. The first-order valence-corrected chi connectivity index (χ1v) is 24.8. The zero-order valence-electron chi connectivity index (χ0n) is 35.5. The molecule has 4 aromatic heterocycles. The Labute approximate surface area is 399 Å². The van der Waals surface area contributed by atoms with Crippen LogP contribution >= 0.6 is 69.4 Å². The van der Waals surface area contributed by atoms with Gasteiger partial charge in [0.05, 0.1) is 46.9 Å². The molecule has 0 N–H and O–H groups in total. The topological polar surface area (TPSA) is 94.5 Å². The highest BCUT2D eigenvalue weighted by molar-refractivity contribution is 8.00. The Morgan fingerprint density at radius 3 is 1.30 bits per heavy atom. The number of thiophene rings is 2. The van der Waals surface area contributed by atoms with E-state index in [0.29, 0.717) is 53.6 Å². The molecule has 64 heavy (non-hydrogen) atoms. The van der Waals surface area contributed by atoms with Crippen molar-refractivity contribution in [3.63, 3.8) is 0 Å². The van der Waals surface area contributed by atoms with Crippen LogP contribution in [-0.2, 0) is 43.4 Å². The number of aromatic nitrogens is 2. The van der Waals surface area contributed by atoms with Crippen molar-refractivity contribution in [3.05, 3.63) is 186 Å². The monoisotopic (exact) mass is 966 g/mol. The van der Waals surface area contributed by atoms with Crippen molar-refractivity contribution in [2.45, 2.75) is 60.5 Å². The van der Waals surface area contributed by atoms with Gasteiger partial charge in [-0.25, -0.2) is 0 Å². The summed E-state index contributed by atoms with van der Waals surface area (Å²) in [5.74, 6) is -0.0463. The largest absolute Gasteiger partial charge is 0.466 e. The number of carbonyl (C=O) groups excluding carboxylic acids is 4. The number of halogens is 2. The fraction of sp³-hybridized carbons (Fsp3) is 0.200. The fourth-order valence-corrected chi connectivity index (χ4v) is 12.2. The second-order valence-corrected chi connectivity index (χ2v) is 20.1. The van der Waals surface area contributed by atoms with Gasteiger partial charge >= 0.3 is 11.9 Å². The fourth-order valence-electron chi connectivity index (χ4n) is 6.86. The maximum absolute atomic E-state index is 14.2. The van der Waals surface area contributed by atoms with Crippen LogP contribution in [0.15, 0.2) is 130 Å². The van der Waals surface area contributed by atoms with E-state index in [1.807, 2.05) is 78.1 Å². The predicted molar refractivity (Wildman–Crippen MR) is 257 cm³/mol. The van der Waals surface area contributed by atoms with Crippen LogP contribution in [-0.4, -0.2) is 36.7 Å². The lowest BCUT2D eigenvalue weighted by Crippen LogP contribution is -2.31. The number of ether oxygens (including phenoxy) is 2. The van der Waals surface area contributed by atoms with Crippen LogP contribution in [0.1, 0.15) is 77.7 Å². The van der Waals surface area contributed by atoms with E-state index in [9.17, 15) is 19.2 Å². The zero-order valence-corrected chi connectivity index (χ0v) is 40.3. The molecule has 0 saturated heterocycles. The maximum atomic E-state index is 14.2. The number of nitrogens with zero attached hydrogens (tertiary/aromatic N) is 2. The zero-order chi connectivity index (χ0) is 45.3. The Balaban J connectivity index is 1.22. The van der Waals surface area contributed by atoms with Crippen LogP contribution in [0.5, 0.6) is 0 Å². The van der Waals surface area contributed by atoms with Crippen molar-refractivity contribution in [2.75, 3.05) is 13.2 Å². The van der Waals surface area contributed by atoms with Crippen LogP contribution in [0.25, 0.3) is 11.4 Å². The number of carbonyl (C=O) groups is 4. The second-order valence-electron chi connectivity index (χ2n) is 14.7. The maximum Gasteiger partial charge on any atom is 0.310 e. The van der Waals surface area contributed by atoms with Crippen molar-refractivity contribution < 1.29 is 37.8 Å². The van der Waals surface area contributed by atoms with E-state index in [1.165, 1.54) is 22.7 Å². The summed E-state index contributed by atoms with van der Waals surface area (Å²) < 4.78 is 16.5. The van der Waals surface area contributed by atoms with E-state index < -0.39 is 11.9 Å². The van der Waals surface area contributed by atoms with Crippen LogP contribution in [0.4, 0.5) is 0 Å². The van der Waals surface area contributed by atoms with Crippen molar-refractivity contribution in [2.24, 2.45) is 0 Å². The highest BCUT2D eigenvalue weighted by Crippen LogP contribution is 2.42. The van der Waals surface area contributed by atoms with Crippen LogP contribution < -0.4 is 9.13 Å². The SMILES string of the molecule is CCOC(=O)Cc1c(C(=O)c2ccc(Cl)cc2)sc(SCc2cccc(CSc3sc(C(=O)c4ccc(Cl)cc4)c(CC(=O)OCC)c3-[n+]3ccc(C)cc3)c2)c1-[n+]1ccc(C)cc1. The van der Waals surface area contributed by atoms with Crippen LogP contribution in [0, 0.1) is 13.8 Å². The molecule has 0 aliphatic carbocycles. The third-order valence-corrected chi connectivity index (χ3v) is 15.6. The Hall–Kier alpha value is -5.08. The lowest BCUT2D eigenvalue weighted by Gasteiger charge is -2.07. The van der Waals surface area contributed by atoms with E-state index in [4.69, 9.17) is 32.7 Å². The number of ketones is 2. The summed E-state index contributed by atoms with van der Waals surface area (Å²) in [5, 5.41) is 1.05. The average Bonchev–Trinajstić information content (AvgIpc) is 3.83. The smallest absolute Gasteiger partial charge is 0.310 e. The molecule has 0 atom stereocenters. The minimum Gasteiger partial charge on any atom is -0.466 e. The lowest BCUT2D eigenvalue weighted by atomic mass is 10.0. The molecule has 8 nitrogen and oxygen atoms in total. The van der Waals surface area contributed by atoms with Gasteiger partial charge in [-0.1, -0.05) is 47.5 Å². The first-order chi connectivity index (χ1) is 30.9. The third-order valence-electron chi connectivity index (χ3n) is 10.0. The highest BCUT2D eigenvalue weighted by atomic mass is 35.5. The van der Waals surface area contributed by atoms with Crippen molar-refractivity contribution in [1.29, 1.82) is 0 Å². The molecule has 7 aromatic rings. The molecule has 0 aliphatic heterocycles. The minimum absolute atomic E-state index is 0.0669. The van der Waals surface area contributed by atoms with Crippen LogP contribution in [0.2, 0.25) is 10.0 Å². The summed E-state index contributed by atoms with van der Waals surface area (Å²) in [5.41, 5.74) is 7.99. The van der Waals surface area contributed by atoms with Gasteiger partial charge in [-0.15, -0.1) is 46.2 Å². The molecule has 0 bridgehead atoms. The highest BCUT2D eigenvalue weighted by Gasteiger charge is 2.33. The van der Waals surface area contributed by atoms with E-state index in [0.717, 1.165) is 42.0 Å². The summed E-state index contributed by atoms with van der Waals surface area (Å²) in [6.07, 6.45) is 7.66. The molecule has 326 valence electrons. The Morgan fingerprint density at radius 2 is 0.938 bits per heavy atom. The molecule has 14 heteroatoms. The van der Waals surface area contributed by atoms with E-state index in [2.05, 4.69) is 18.2 Å². The second kappa shape index (κ2) is 21.7. The summed E-state index contributed by atoms with van der Waals surface area (Å²) in [6, 6.07) is 29.9. The Morgan fingerprint density at radius 1 is 0.562 bits per heavy atom. The summed E-state index contributed by atoms with van der Waals surface area (Å²) in [4.78, 5) is 55.5. The minimum atomic E-state index is -0.412. The molecule has 3 aromatic carbocycles. The van der Waals surface area contributed by atoms with Gasteiger partial charge < -0.3 is 9.47 Å². The van der Waals surface area contributed by atoms with Gasteiger partial charge in [0.25, 0.3) is 0 Å². The molecule has 0 amide bonds. The van der Waals surface area contributed by atoms with Gasteiger partial charge in [0.2, 0.25) is 22.9 Å². The number of benzene rings is 3. The predicted octanol–water partition coefficient (Wildman–Crippen LogP) is 11.5. The summed E-state index contributed by atoms with van der Waals surface area (Å²) in [6.45, 7) is 8.00. The van der Waals surface area contributed by atoms with Gasteiger partial charge in [0.1, 0.15) is 8.42 Å². The molecule has 0 saturated carbocycles. The molecular formula is C50H44Cl2N2O6S4+2. The van der Waals surface area contributed by atoms with Gasteiger partial charge in [-0.2, -0.15) is 9.13 Å². The molecule has 4 heterocycles. The molecule has 0 fully saturated rings. The van der Waals surface area contributed by atoms with Crippen LogP contribution in [0.3, 0.4) is 0 Å². The molecule has 0 aliphatic rings. The number of rotatable bonds is 18. The van der Waals surface area contributed by atoms with Gasteiger partial charge in [-0.05, 0) is 98.5 Å². The number of hydrogen-bond acceptors (Lipinski definition) is 10. The first-order valence-electron chi connectivity index (χ1n) is 20.4. The van der Waals surface area contributed by atoms with Crippen molar-refractivity contribution in [3.8, 4) is 11.4 Å². The number of thioether (sulfide) groups is 2. The quantitative estimate of drug-likeness (QED) is 0.0363. The number of pyridine rings is 2. The van der Waals surface area contributed by atoms with Crippen molar-refractivity contribution >= 4 is 92.9 Å².